The molecule has 0 bridgehead atoms. The number of hydrogen-bond acceptors (Lipinski definition) is 4. The molecule has 1 aliphatic rings. The fourth-order valence-corrected chi connectivity index (χ4v) is 4.62. The zero-order chi connectivity index (χ0) is 27.6. The molecule has 1 saturated heterocycles. The maximum atomic E-state index is 13.8. The van der Waals surface area contributed by atoms with Gasteiger partial charge >= 0.3 is 6.03 Å². The van der Waals surface area contributed by atoms with Crippen molar-refractivity contribution in [3.63, 3.8) is 0 Å². The summed E-state index contributed by atoms with van der Waals surface area (Å²) < 4.78 is 0. The van der Waals surface area contributed by atoms with Gasteiger partial charge in [0.05, 0.1) is 13.1 Å². The van der Waals surface area contributed by atoms with Crippen molar-refractivity contribution in [1.82, 2.24) is 25.6 Å². The van der Waals surface area contributed by atoms with Gasteiger partial charge in [0.2, 0.25) is 11.8 Å². The van der Waals surface area contributed by atoms with E-state index in [1.807, 2.05) is 78.9 Å². The number of carbonyl (C=O) groups excluding carboxylic acids is 3. The zero-order valence-corrected chi connectivity index (χ0v) is 22.4. The molecule has 0 spiro atoms. The van der Waals surface area contributed by atoms with Crippen molar-refractivity contribution in [3.05, 3.63) is 119 Å². The van der Waals surface area contributed by atoms with E-state index in [9.17, 15) is 14.4 Å². The second kappa shape index (κ2) is 13.6. The molecule has 0 aliphatic carbocycles. The maximum absolute atomic E-state index is 13.8. The summed E-state index contributed by atoms with van der Waals surface area (Å²) >= 11 is 6.43. The van der Waals surface area contributed by atoms with E-state index >= 15 is 0 Å². The van der Waals surface area contributed by atoms with Crippen LogP contribution in [-0.2, 0) is 22.7 Å². The molecule has 0 radical (unpaired) electrons. The van der Waals surface area contributed by atoms with Crippen LogP contribution in [0.1, 0.15) is 22.7 Å². The van der Waals surface area contributed by atoms with Crippen LogP contribution in [0.5, 0.6) is 0 Å². The molecule has 3 aromatic rings. The van der Waals surface area contributed by atoms with E-state index in [1.165, 1.54) is 5.01 Å². The van der Waals surface area contributed by atoms with E-state index in [0.717, 1.165) is 11.1 Å². The Labute approximate surface area is 233 Å². The molecule has 202 valence electrons. The van der Waals surface area contributed by atoms with E-state index in [-0.39, 0.29) is 50.6 Å². The summed E-state index contributed by atoms with van der Waals surface area (Å²) in [5.41, 5.74) is 2.42. The summed E-state index contributed by atoms with van der Waals surface area (Å²) in [6, 6.07) is 24.8. The van der Waals surface area contributed by atoms with E-state index in [2.05, 4.69) is 17.2 Å². The summed E-state index contributed by atoms with van der Waals surface area (Å²) in [5, 5.41) is 9.46. The van der Waals surface area contributed by atoms with Crippen LogP contribution in [0.3, 0.4) is 0 Å². The topological polar surface area (TPSA) is 85.0 Å². The molecule has 1 atom stereocenters. The molecule has 4 rings (SSSR count). The highest BCUT2D eigenvalue weighted by Crippen LogP contribution is 2.22. The van der Waals surface area contributed by atoms with Gasteiger partial charge in [-0.25, -0.2) is 9.80 Å². The van der Waals surface area contributed by atoms with Crippen LogP contribution in [0.25, 0.3) is 0 Å². The van der Waals surface area contributed by atoms with Crippen LogP contribution in [-0.4, -0.2) is 58.9 Å². The van der Waals surface area contributed by atoms with E-state index in [0.29, 0.717) is 17.1 Å². The van der Waals surface area contributed by atoms with Crippen LogP contribution >= 0.6 is 11.6 Å². The number of nitrogens with one attached hydrogen (secondary N) is 2. The van der Waals surface area contributed by atoms with Crippen LogP contribution in [0.2, 0.25) is 5.02 Å². The Morgan fingerprint density at radius 2 is 1.67 bits per heavy atom. The SMILES string of the molecule is C=CCN(C(=O)NCc1ccccc1)N1CCN(Cc2ccccc2Cl)C(=O)[C@H](c2ccccc2)NC(=O)C1. The van der Waals surface area contributed by atoms with Crippen molar-refractivity contribution in [2.45, 2.75) is 19.1 Å². The minimum absolute atomic E-state index is 0.108. The molecule has 1 heterocycles. The number of amides is 4. The van der Waals surface area contributed by atoms with E-state index < -0.39 is 6.04 Å². The molecule has 1 fully saturated rings. The van der Waals surface area contributed by atoms with Crippen LogP contribution in [0.15, 0.2) is 97.6 Å². The highest BCUT2D eigenvalue weighted by Gasteiger charge is 2.32. The van der Waals surface area contributed by atoms with Crippen LogP contribution in [0, 0.1) is 0 Å². The van der Waals surface area contributed by atoms with Gasteiger partial charge in [-0.3, -0.25) is 14.6 Å². The summed E-state index contributed by atoms with van der Waals surface area (Å²) in [7, 11) is 0. The minimum atomic E-state index is -0.874. The van der Waals surface area contributed by atoms with Gasteiger partial charge in [-0.15, -0.1) is 6.58 Å². The normalized spacial score (nSPS) is 16.4. The predicted molar refractivity (Wildman–Crippen MR) is 151 cm³/mol. The fourth-order valence-electron chi connectivity index (χ4n) is 4.42. The lowest BCUT2D eigenvalue weighted by atomic mass is 10.0. The van der Waals surface area contributed by atoms with Gasteiger partial charge < -0.3 is 15.5 Å². The molecule has 4 amide bonds. The molecule has 3 aromatic carbocycles. The summed E-state index contributed by atoms with van der Waals surface area (Å²) in [6.07, 6.45) is 1.60. The van der Waals surface area contributed by atoms with Crippen molar-refractivity contribution < 1.29 is 14.4 Å². The number of hydrogen-bond donors (Lipinski definition) is 2. The third-order valence-corrected chi connectivity index (χ3v) is 6.80. The van der Waals surface area contributed by atoms with Crippen LogP contribution < -0.4 is 10.6 Å². The van der Waals surface area contributed by atoms with Crippen molar-refractivity contribution >= 4 is 29.4 Å². The van der Waals surface area contributed by atoms with Gasteiger partial charge in [-0.2, -0.15) is 0 Å². The Balaban J connectivity index is 1.60. The molecule has 9 heteroatoms. The van der Waals surface area contributed by atoms with Crippen molar-refractivity contribution in [3.8, 4) is 0 Å². The number of rotatable bonds is 8. The molecular weight excluding hydrogens is 514 g/mol. The van der Waals surface area contributed by atoms with Gasteiger partial charge in [-0.1, -0.05) is 96.5 Å². The molecule has 0 unspecified atom stereocenters. The van der Waals surface area contributed by atoms with Crippen LogP contribution in [0.4, 0.5) is 4.79 Å². The third-order valence-electron chi connectivity index (χ3n) is 6.43. The first-order valence-corrected chi connectivity index (χ1v) is 13.2. The first kappa shape index (κ1) is 27.9. The highest BCUT2D eigenvalue weighted by molar-refractivity contribution is 6.31. The molecule has 2 N–H and O–H groups in total. The number of benzene rings is 3. The second-order valence-corrected chi connectivity index (χ2v) is 9.57. The first-order valence-electron chi connectivity index (χ1n) is 12.8. The first-order chi connectivity index (χ1) is 19.0. The average molecular weight is 546 g/mol. The quantitative estimate of drug-likeness (QED) is 0.416. The molecule has 1 aliphatic heterocycles. The average Bonchev–Trinajstić information content (AvgIpc) is 3.01. The Kier molecular flexibility index (Phi) is 9.72. The molecule has 0 aromatic heterocycles. The number of urea groups is 1. The van der Waals surface area contributed by atoms with Crippen molar-refractivity contribution in [2.75, 3.05) is 26.2 Å². The fraction of sp³-hybridized carbons (Fsp3) is 0.233. The third kappa shape index (κ3) is 7.46. The lowest BCUT2D eigenvalue weighted by molar-refractivity contribution is -0.136. The standard InChI is InChI=1S/C30H32ClN5O3/c1-2-17-36(30(39)32-20-23-11-5-3-6-12-23)35-19-18-34(21-25-15-9-10-16-26(25)31)29(38)28(33-27(37)22-35)24-13-7-4-8-14-24/h2-16,28H,1,17-22H2,(H,32,39)(H,33,37)/t28-/m0/s1. The number of nitrogens with zero attached hydrogens (tertiary/aromatic N) is 3. The van der Waals surface area contributed by atoms with Gasteiger partial charge in [0.15, 0.2) is 0 Å². The minimum Gasteiger partial charge on any atom is -0.339 e. The number of halogens is 1. The lowest BCUT2D eigenvalue weighted by Crippen LogP contribution is -2.54. The smallest absolute Gasteiger partial charge is 0.332 e. The Morgan fingerprint density at radius 1 is 1.00 bits per heavy atom. The molecule has 8 nitrogen and oxygen atoms in total. The molecular formula is C30H32ClN5O3. The van der Waals surface area contributed by atoms with Gasteiger partial charge in [0, 0.05) is 31.2 Å². The maximum Gasteiger partial charge on any atom is 0.332 e. The predicted octanol–water partition coefficient (Wildman–Crippen LogP) is 4.15. The van der Waals surface area contributed by atoms with Gasteiger partial charge in [0.1, 0.15) is 6.04 Å². The second-order valence-electron chi connectivity index (χ2n) is 9.17. The highest BCUT2D eigenvalue weighted by atomic mass is 35.5. The Hall–Kier alpha value is -4.14. The molecule has 0 saturated carbocycles. The summed E-state index contributed by atoms with van der Waals surface area (Å²) in [4.78, 5) is 42.0. The van der Waals surface area contributed by atoms with Gasteiger partial charge in [0.25, 0.3) is 0 Å². The molecule has 39 heavy (non-hydrogen) atoms. The number of hydrazine groups is 1. The largest absolute Gasteiger partial charge is 0.339 e. The lowest BCUT2D eigenvalue weighted by Gasteiger charge is -2.34. The Morgan fingerprint density at radius 3 is 2.36 bits per heavy atom. The van der Waals surface area contributed by atoms with E-state index in [1.54, 1.807) is 22.1 Å². The zero-order valence-electron chi connectivity index (χ0n) is 21.6. The summed E-state index contributed by atoms with van der Waals surface area (Å²) in [6.45, 7) is 4.98. The van der Waals surface area contributed by atoms with E-state index in [4.69, 9.17) is 11.6 Å². The van der Waals surface area contributed by atoms with Gasteiger partial charge in [-0.05, 0) is 22.8 Å². The Bertz CT molecular complexity index is 1290. The van der Waals surface area contributed by atoms with Crippen molar-refractivity contribution in [2.24, 2.45) is 0 Å². The van der Waals surface area contributed by atoms with Crippen molar-refractivity contribution in [1.29, 1.82) is 0 Å². The number of carbonyl (C=O) groups is 3. The summed E-state index contributed by atoms with van der Waals surface area (Å²) in [5.74, 6) is -0.623. The monoisotopic (exact) mass is 545 g/mol.